The van der Waals surface area contributed by atoms with Gasteiger partial charge in [0.15, 0.2) is 0 Å². The quantitative estimate of drug-likeness (QED) is 0.822. The third kappa shape index (κ3) is 2.93. The first-order chi connectivity index (χ1) is 9.34. The third-order valence-electron chi connectivity index (χ3n) is 3.55. The smallest absolute Gasteiger partial charge is 0.134 e. The van der Waals surface area contributed by atoms with Crippen molar-refractivity contribution >= 4 is 26.7 Å². The molecular weight excluding hydrogens is 304 g/mol. The molecular formula is C16H17BrO2. The summed E-state index contributed by atoms with van der Waals surface area (Å²) in [4.78, 5) is 0. The molecule has 1 atom stereocenters. The SMILES string of the molecule is Brc1c(OCCC2CCCO2)ccc2ccccc12. The van der Waals surface area contributed by atoms with Crippen LogP contribution in [0.15, 0.2) is 40.9 Å². The van der Waals surface area contributed by atoms with Gasteiger partial charge in [-0.3, -0.25) is 0 Å². The van der Waals surface area contributed by atoms with E-state index in [-0.39, 0.29) is 0 Å². The highest BCUT2D eigenvalue weighted by Crippen LogP contribution is 2.33. The predicted octanol–water partition coefficient (Wildman–Crippen LogP) is 4.55. The maximum atomic E-state index is 5.88. The molecule has 2 aromatic rings. The largest absolute Gasteiger partial charge is 0.492 e. The van der Waals surface area contributed by atoms with Crippen molar-refractivity contribution in [2.75, 3.05) is 13.2 Å². The molecule has 0 spiro atoms. The zero-order chi connectivity index (χ0) is 13.1. The lowest BCUT2D eigenvalue weighted by Gasteiger charge is -2.13. The minimum atomic E-state index is 0.388. The highest BCUT2D eigenvalue weighted by atomic mass is 79.9. The van der Waals surface area contributed by atoms with Crippen molar-refractivity contribution in [3.63, 3.8) is 0 Å². The Morgan fingerprint density at radius 3 is 2.95 bits per heavy atom. The highest BCUT2D eigenvalue weighted by Gasteiger charge is 2.15. The lowest BCUT2D eigenvalue weighted by Crippen LogP contribution is -2.10. The van der Waals surface area contributed by atoms with E-state index in [2.05, 4.69) is 34.1 Å². The Hall–Kier alpha value is -1.06. The normalized spacial score (nSPS) is 18.9. The number of ether oxygens (including phenoxy) is 2. The first-order valence-electron chi connectivity index (χ1n) is 6.76. The van der Waals surface area contributed by atoms with Crippen LogP contribution in [0.5, 0.6) is 5.75 Å². The molecule has 3 rings (SSSR count). The fourth-order valence-corrected chi connectivity index (χ4v) is 3.11. The van der Waals surface area contributed by atoms with Crippen molar-refractivity contribution in [2.24, 2.45) is 0 Å². The van der Waals surface area contributed by atoms with Crippen LogP contribution >= 0.6 is 15.9 Å². The van der Waals surface area contributed by atoms with Crippen molar-refractivity contribution in [1.29, 1.82) is 0 Å². The lowest BCUT2D eigenvalue weighted by molar-refractivity contribution is 0.0903. The molecule has 1 heterocycles. The van der Waals surface area contributed by atoms with Crippen LogP contribution in [0, 0.1) is 0 Å². The molecule has 0 bridgehead atoms. The van der Waals surface area contributed by atoms with Gasteiger partial charge in [0.25, 0.3) is 0 Å². The molecule has 1 fully saturated rings. The first kappa shape index (κ1) is 12.9. The molecule has 1 saturated heterocycles. The van der Waals surface area contributed by atoms with Crippen LogP contribution in [0.2, 0.25) is 0 Å². The molecule has 2 aromatic carbocycles. The Kier molecular flexibility index (Phi) is 4.04. The summed E-state index contributed by atoms with van der Waals surface area (Å²) in [7, 11) is 0. The maximum Gasteiger partial charge on any atom is 0.134 e. The van der Waals surface area contributed by atoms with Gasteiger partial charge in [-0.25, -0.2) is 0 Å². The summed E-state index contributed by atoms with van der Waals surface area (Å²) in [6, 6.07) is 12.4. The molecule has 100 valence electrons. The number of benzene rings is 2. The van der Waals surface area contributed by atoms with Crippen LogP contribution < -0.4 is 4.74 Å². The number of rotatable bonds is 4. The van der Waals surface area contributed by atoms with Gasteiger partial charge in [-0.2, -0.15) is 0 Å². The van der Waals surface area contributed by atoms with Crippen molar-refractivity contribution in [3.8, 4) is 5.75 Å². The minimum absolute atomic E-state index is 0.388. The molecule has 1 unspecified atom stereocenters. The van der Waals surface area contributed by atoms with Crippen LogP contribution in [0.1, 0.15) is 19.3 Å². The summed E-state index contributed by atoms with van der Waals surface area (Å²) in [5.74, 6) is 0.914. The number of halogens is 1. The minimum Gasteiger partial charge on any atom is -0.492 e. The molecule has 1 aliphatic heterocycles. The number of fused-ring (bicyclic) bond motifs is 1. The molecule has 0 radical (unpaired) electrons. The third-order valence-corrected chi connectivity index (χ3v) is 4.37. The van der Waals surface area contributed by atoms with Crippen molar-refractivity contribution < 1.29 is 9.47 Å². The van der Waals surface area contributed by atoms with Gasteiger partial charge in [-0.05, 0) is 45.6 Å². The van der Waals surface area contributed by atoms with Crippen LogP contribution in [0.25, 0.3) is 10.8 Å². The monoisotopic (exact) mass is 320 g/mol. The summed E-state index contributed by atoms with van der Waals surface area (Å²) in [6.45, 7) is 1.62. The lowest BCUT2D eigenvalue weighted by atomic mass is 10.1. The second-order valence-corrected chi connectivity index (χ2v) is 5.66. The fraction of sp³-hybridized carbons (Fsp3) is 0.375. The average Bonchev–Trinajstić information content (AvgIpc) is 2.95. The maximum absolute atomic E-state index is 5.88. The van der Waals surface area contributed by atoms with Crippen LogP contribution in [0.4, 0.5) is 0 Å². The van der Waals surface area contributed by atoms with E-state index in [0.29, 0.717) is 12.7 Å². The average molecular weight is 321 g/mol. The van der Waals surface area contributed by atoms with E-state index in [1.165, 1.54) is 23.6 Å². The van der Waals surface area contributed by atoms with Gasteiger partial charge >= 0.3 is 0 Å². The van der Waals surface area contributed by atoms with Crippen molar-refractivity contribution in [2.45, 2.75) is 25.4 Å². The van der Waals surface area contributed by atoms with Crippen LogP contribution in [-0.4, -0.2) is 19.3 Å². The molecule has 1 aliphatic rings. The van der Waals surface area contributed by atoms with Gasteiger partial charge in [-0.15, -0.1) is 0 Å². The van der Waals surface area contributed by atoms with E-state index in [1.54, 1.807) is 0 Å². The second kappa shape index (κ2) is 5.93. The zero-order valence-corrected chi connectivity index (χ0v) is 12.4. The summed E-state index contributed by atoms with van der Waals surface area (Å²) < 4.78 is 12.5. The first-order valence-corrected chi connectivity index (χ1v) is 7.55. The predicted molar refractivity (Wildman–Crippen MR) is 80.7 cm³/mol. The van der Waals surface area contributed by atoms with E-state index in [9.17, 15) is 0 Å². The van der Waals surface area contributed by atoms with E-state index < -0.39 is 0 Å². The molecule has 0 aliphatic carbocycles. The van der Waals surface area contributed by atoms with E-state index in [1.807, 2.05) is 18.2 Å². The van der Waals surface area contributed by atoms with Crippen LogP contribution in [-0.2, 0) is 4.74 Å². The van der Waals surface area contributed by atoms with Gasteiger partial charge < -0.3 is 9.47 Å². The standard InChI is InChI=1S/C16H17BrO2/c17-16-14-6-2-1-4-12(14)7-8-15(16)19-11-9-13-5-3-10-18-13/h1-2,4,6-8,13H,3,5,9-11H2. The van der Waals surface area contributed by atoms with Gasteiger partial charge in [0.2, 0.25) is 0 Å². The zero-order valence-electron chi connectivity index (χ0n) is 10.8. The molecule has 19 heavy (non-hydrogen) atoms. The number of hydrogen-bond acceptors (Lipinski definition) is 2. The summed E-state index contributed by atoms with van der Waals surface area (Å²) in [6.07, 6.45) is 3.71. The molecule has 2 nitrogen and oxygen atoms in total. The Bertz CT molecular complexity index is 562. The Balaban J connectivity index is 1.68. The Morgan fingerprint density at radius 1 is 1.21 bits per heavy atom. The molecule has 0 aromatic heterocycles. The second-order valence-electron chi connectivity index (χ2n) is 4.87. The summed E-state index contributed by atoms with van der Waals surface area (Å²) in [5.41, 5.74) is 0. The molecule has 0 amide bonds. The Morgan fingerprint density at radius 2 is 2.11 bits per heavy atom. The fourth-order valence-electron chi connectivity index (χ4n) is 2.50. The van der Waals surface area contributed by atoms with Crippen molar-refractivity contribution in [3.05, 3.63) is 40.9 Å². The van der Waals surface area contributed by atoms with E-state index >= 15 is 0 Å². The summed E-state index contributed by atoms with van der Waals surface area (Å²) >= 11 is 3.64. The number of hydrogen-bond donors (Lipinski definition) is 0. The van der Waals surface area contributed by atoms with E-state index in [0.717, 1.165) is 23.2 Å². The molecule has 0 saturated carbocycles. The van der Waals surface area contributed by atoms with E-state index in [4.69, 9.17) is 9.47 Å². The molecule has 0 N–H and O–H groups in total. The molecule has 3 heteroatoms. The topological polar surface area (TPSA) is 18.5 Å². The van der Waals surface area contributed by atoms with Gasteiger partial charge in [0.1, 0.15) is 5.75 Å². The van der Waals surface area contributed by atoms with Gasteiger partial charge in [0, 0.05) is 13.0 Å². The van der Waals surface area contributed by atoms with Crippen molar-refractivity contribution in [1.82, 2.24) is 0 Å². The van der Waals surface area contributed by atoms with Gasteiger partial charge in [0.05, 0.1) is 17.2 Å². The van der Waals surface area contributed by atoms with Gasteiger partial charge in [-0.1, -0.05) is 30.3 Å². The Labute approximate surface area is 121 Å². The van der Waals surface area contributed by atoms with Crippen LogP contribution in [0.3, 0.4) is 0 Å². The summed E-state index contributed by atoms with van der Waals surface area (Å²) in [5, 5.41) is 2.41. The highest BCUT2D eigenvalue weighted by molar-refractivity contribution is 9.10.